The molecule has 1 atom stereocenters. The van der Waals surface area contributed by atoms with Crippen molar-refractivity contribution < 1.29 is 9.59 Å². The minimum absolute atomic E-state index is 0.0236. The molecule has 7 heteroatoms. The number of carbonyl (C=O) groups is 2. The van der Waals surface area contributed by atoms with Gasteiger partial charge in [-0.3, -0.25) is 9.59 Å². The molecule has 0 aliphatic carbocycles. The highest BCUT2D eigenvalue weighted by Gasteiger charge is 2.36. The summed E-state index contributed by atoms with van der Waals surface area (Å²) in [5.74, 6) is -0.0946. The molecule has 0 radical (unpaired) electrons. The first-order chi connectivity index (χ1) is 12.0. The number of aryl methyl sites for hydroxylation is 1. The molecule has 1 N–H and O–H groups in total. The lowest BCUT2D eigenvalue weighted by molar-refractivity contribution is -0.116. The molecule has 3 heterocycles. The zero-order valence-corrected chi connectivity index (χ0v) is 15.7. The fourth-order valence-electron chi connectivity index (χ4n) is 3.13. The van der Waals surface area contributed by atoms with Crippen molar-refractivity contribution in [1.82, 2.24) is 9.78 Å². The molecule has 4 rings (SSSR count). The second kappa shape index (κ2) is 6.24. The minimum atomic E-state index is -0.494. The summed E-state index contributed by atoms with van der Waals surface area (Å²) in [6, 6.07) is 11.3. The Morgan fingerprint density at radius 3 is 2.76 bits per heavy atom. The fourth-order valence-corrected chi connectivity index (χ4v) is 4.11. The molecule has 3 aromatic rings. The standard InChI is InChI=1S/C18H14BrN3O2S/c1-10-16-13(17(24)14-3-2-8-25-14)9-15(23)20-18(16)22(21-10)12-6-4-11(19)5-7-12/h2-8,13H,9H2,1H3,(H,20,23)/t13-/m1/s1. The summed E-state index contributed by atoms with van der Waals surface area (Å²) in [7, 11) is 0. The van der Waals surface area contributed by atoms with Crippen LogP contribution in [0.5, 0.6) is 0 Å². The van der Waals surface area contributed by atoms with Gasteiger partial charge >= 0.3 is 0 Å². The summed E-state index contributed by atoms with van der Waals surface area (Å²) in [4.78, 5) is 25.8. The summed E-state index contributed by atoms with van der Waals surface area (Å²) >= 11 is 4.81. The Bertz CT molecular complexity index is 961. The number of carbonyl (C=O) groups excluding carboxylic acids is 2. The Morgan fingerprint density at radius 1 is 1.32 bits per heavy atom. The third-order valence-corrected chi connectivity index (χ3v) is 5.67. The number of rotatable bonds is 3. The van der Waals surface area contributed by atoms with E-state index in [0.717, 1.165) is 21.4 Å². The molecule has 1 aromatic carbocycles. The maximum absolute atomic E-state index is 12.9. The first kappa shape index (κ1) is 16.2. The normalized spacial score (nSPS) is 16.4. The van der Waals surface area contributed by atoms with Gasteiger partial charge in [0.25, 0.3) is 0 Å². The predicted molar refractivity (Wildman–Crippen MR) is 101 cm³/mol. The molecule has 0 saturated heterocycles. The predicted octanol–water partition coefficient (Wildman–Crippen LogP) is 4.31. The van der Waals surface area contributed by atoms with E-state index in [1.54, 1.807) is 10.7 Å². The lowest BCUT2D eigenvalue weighted by Gasteiger charge is -2.22. The second-order valence-electron chi connectivity index (χ2n) is 5.88. The molecule has 1 aliphatic rings. The van der Waals surface area contributed by atoms with Crippen LogP contribution in [-0.2, 0) is 4.79 Å². The number of nitrogens with one attached hydrogen (secondary N) is 1. The van der Waals surface area contributed by atoms with Gasteiger partial charge in [0.2, 0.25) is 5.91 Å². The average molecular weight is 416 g/mol. The summed E-state index contributed by atoms with van der Waals surface area (Å²) in [5.41, 5.74) is 2.39. The molecule has 1 amide bonds. The molecule has 1 aliphatic heterocycles. The number of aromatic nitrogens is 2. The summed E-state index contributed by atoms with van der Waals surface area (Å²) in [6.07, 6.45) is 0.149. The third-order valence-electron chi connectivity index (χ3n) is 4.25. The number of benzene rings is 1. The van der Waals surface area contributed by atoms with Gasteiger partial charge in [0.05, 0.1) is 22.2 Å². The first-order valence-corrected chi connectivity index (χ1v) is 9.45. The van der Waals surface area contributed by atoms with Crippen LogP contribution in [0.3, 0.4) is 0 Å². The number of nitrogens with zero attached hydrogens (tertiary/aromatic N) is 2. The topological polar surface area (TPSA) is 64.0 Å². The largest absolute Gasteiger partial charge is 0.310 e. The van der Waals surface area contributed by atoms with Crippen molar-refractivity contribution >= 4 is 44.8 Å². The van der Waals surface area contributed by atoms with Gasteiger partial charge < -0.3 is 5.32 Å². The van der Waals surface area contributed by atoms with Crippen LogP contribution in [0.25, 0.3) is 5.69 Å². The molecule has 0 spiro atoms. The van der Waals surface area contributed by atoms with Crippen LogP contribution in [-0.4, -0.2) is 21.5 Å². The molecule has 0 bridgehead atoms. The van der Waals surface area contributed by atoms with Crippen LogP contribution in [0.15, 0.2) is 46.3 Å². The number of amides is 1. The summed E-state index contributed by atoms with van der Waals surface area (Å²) in [6.45, 7) is 1.88. The maximum Gasteiger partial charge on any atom is 0.226 e. The SMILES string of the molecule is Cc1nn(-c2ccc(Br)cc2)c2c1[C@H](C(=O)c1cccs1)CC(=O)N2. The third kappa shape index (κ3) is 2.83. The highest BCUT2D eigenvalue weighted by molar-refractivity contribution is 9.10. The number of halogens is 1. The summed E-state index contributed by atoms with van der Waals surface area (Å²) < 4.78 is 2.66. The molecule has 25 heavy (non-hydrogen) atoms. The van der Waals surface area contributed by atoms with Gasteiger partial charge in [-0.15, -0.1) is 11.3 Å². The smallest absolute Gasteiger partial charge is 0.226 e. The Hall–Kier alpha value is -2.25. The van der Waals surface area contributed by atoms with Crippen molar-refractivity contribution in [3.05, 3.63) is 62.4 Å². The van der Waals surface area contributed by atoms with E-state index < -0.39 is 5.92 Å². The van der Waals surface area contributed by atoms with Gasteiger partial charge in [-0.1, -0.05) is 22.0 Å². The number of Topliss-reactive ketones (excluding diaryl/α,β-unsaturated/α-hetero) is 1. The van der Waals surface area contributed by atoms with E-state index >= 15 is 0 Å². The van der Waals surface area contributed by atoms with E-state index in [0.29, 0.717) is 10.7 Å². The van der Waals surface area contributed by atoms with Gasteiger partial charge in [-0.05, 0) is 42.6 Å². The van der Waals surface area contributed by atoms with E-state index in [1.165, 1.54) is 11.3 Å². The maximum atomic E-state index is 12.9. The Balaban J connectivity index is 1.83. The van der Waals surface area contributed by atoms with Crippen molar-refractivity contribution in [1.29, 1.82) is 0 Å². The van der Waals surface area contributed by atoms with Gasteiger partial charge in [0.1, 0.15) is 5.82 Å². The molecular weight excluding hydrogens is 402 g/mol. The number of thiophene rings is 1. The van der Waals surface area contributed by atoms with Crippen LogP contribution in [0.2, 0.25) is 0 Å². The monoisotopic (exact) mass is 415 g/mol. The number of ketones is 1. The number of fused-ring (bicyclic) bond motifs is 1. The Labute approximate surface area is 156 Å². The molecule has 0 saturated carbocycles. The molecule has 126 valence electrons. The lowest BCUT2D eigenvalue weighted by Crippen LogP contribution is -2.28. The van der Waals surface area contributed by atoms with Crippen molar-refractivity contribution in [2.75, 3.05) is 5.32 Å². The fraction of sp³-hybridized carbons (Fsp3) is 0.167. The zero-order valence-electron chi connectivity index (χ0n) is 13.3. The van der Waals surface area contributed by atoms with Crippen molar-refractivity contribution in [3.8, 4) is 5.69 Å². The van der Waals surface area contributed by atoms with E-state index in [1.807, 2.05) is 42.6 Å². The van der Waals surface area contributed by atoms with Gasteiger partial charge in [0.15, 0.2) is 5.78 Å². The van der Waals surface area contributed by atoms with Gasteiger partial charge in [-0.25, -0.2) is 4.68 Å². The highest BCUT2D eigenvalue weighted by Crippen LogP contribution is 2.38. The van der Waals surface area contributed by atoms with Crippen LogP contribution in [0.1, 0.15) is 33.3 Å². The number of hydrogen-bond donors (Lipinski definition) is 1. The van der Waals surface area contributed by atoms with Crippen molar-refractivity contribution in [3.63, 3.8) is 0 Å². The minimum Gasteiger partial charge on any atom is -0.310 e. The zero-order chi connectivity index (χ0) is 17.6. The van der Waals surface area contributed by atoms with E-state index in [-0.39, 0.29) is 18.1 Å². The number of hydrogen-bond acceptors (Lipinski definition) is 4. The summed E-state index contributed by atoms with van der Waals surface area (Å²) in [5, 5.41) is 9.34. The average Bonchev–Trinajstić information content (AvgIpc) is 3.23. The van der Waals surface area contributed by atoms with E-state index in [4.69, 9.17) is 0 Å². The van der Waals surface area contributed by atoms with Crippen molar-refractivity contribution in [2.45, 2.75) is 19.3 Å². The molecule has 0 unspecified atom stereocenters. The molecule has 5 nitrogen and oxygen atoms in total. The van der Waals surface area contributed by atoms with E-state index in [2.05, 4.69) is 26.3 Å². The van der Waals surface area contributed by atoms with Crippen LogP contribution in [0.4, 0.5) is 5.82 Å². The molecule has 0 fully saturated rings. The van der Waals surface area contributed by atoms with Crippen LogP contribution >= 0.6 is 27.3 Å². The highest BCUT2D eigenvalue weighted by atomic mass is 79.9. The first-order valence-electron chi connectivity index (χ1n) is 7.77. The lowest BCUT2D eigenvalue weighted by atomic mass is 9.87. The van der Waals surface area contributed by atoms with Gasteiger partial charge in [-0.2, -0.15) is 5.10 Å². The molecule has 2 aromatic heterocycles. The Morgan fingerprint density at radius 2 is 2.08 bits per heavy atom. The van der Waals surface area contributed by atoms with Crippen LogP contribution < -0.4 is 5.32 Å². The molecular formula is C18H14BrN3O2S. The van der Waals surface area contributed by atoms with Crippen LogP contribution in [0, 0.1) is 6.92 Å². The van der Waals surface area contributed by atoms with Gasteiger partial charge in [0, 0.05) is 16.5 Å². The van der Waals surface area contributed by atoms with E-state index in [9.17, 15) is 9.59 Å². The second-order valence-corrected chi connectivity index (χ2v) is 7.75. The quantitative estimate of drug-likeness (QED) is 0.647. The van der Waals surface area contributed by atoms with Crippen molar-refractivity contribution in [2.24, 2.45) is 0 Å². The Kier molecular flexibility index (Phi) is 4.05. The number of anilines is 1.